The Balaban J connectivity index is 2.53. The molecule has 0 amide bonds. The molecule has 0 aromatic carbocycles. The van der Waals surface area contributed by atoms with Crippen molar-refractivity contribution in [2.75, 3.05) is 26.8 Å². The Labute approximate surface area is 101 Å². The maximum Gasteiger partial charge on any atom is 0.506 e. The zero-order valence-electron chi connectivity index (χ0n) is 10.5. The standard InChI is InChI=1S/C11H20BF3NO/c1-9(12(13,14)15)8-16(6-7-17-3)10(2)11-4-5-11/h10-11H,1,4-8H2,2-3H3/q-1. The van der Waals surface area contributed by atoms with Crippen LogP contribution in [0.2, 0.25) is 0 Å². The maximum atomic E-state index is 12.5. The number of hydrogen-bond donors (Lipinski definition) is 0. The molecule has 1 fully saturated rings. The van der Waals surface area contributed by atoms with Gasteiger partial charge >= 0.3 is 6.98 Å². The second-order valence-corrected chi connectivity index (χ2v) is 4.77. The molecule has 0 aromatic heterocycles. The van der Waals surface area contributed by atoms with Gasteiger partial charge in [0.15, 0.2) is 0 Å². The molecule has 1 aliphatic rings. The molecule has 1 saturated carbocycles. The van der Waals surface area contributed by atoms with Crippen LogP contribution in [0.5, 0.6) is 0 Å². The number of halogens is 3. The monoisotopic (exact) mass is 250 g/mol. The van der Waals surface area contributed by atoms with Gasteiger partial charge in [-0.05, 0) is 32.2 Å². The number of nitrogens with zero attached hydrogens (tertiary/aromatic N) is 1. The Bertz CT molecular complexity index is 266. The molecule has 0 radical (unpaired) electrons. The van der Waals surface area contributed by atoms with E-state index in [2.05, 4.69) is 6.58 Å². The first-order valence-electron chi connectivity index (χ1n) is 5.97. The Kier molecular flexibility index (Phi) is 5.07. The molecule has 2 nitrogen and oxygen atoms in total. The van der Waals surface area contributed by atoms with Crippen molar-refractivity contribution < 1.29 is 17.7 Å². The van der Waals surface area contributed by atoms with Crippen LogP contribution in [0.1, 0.15) is 19.8 Å². The van der Waals surface area contributed by atoms with Crippen molar-refractivity contribution >= 4 is 6.98 Å². The van der Waals surface area contributed by atoms with Gasteiger partial charge < -0.3 is 17.7 Å². The molecule has 0 bridgehead atoms. The van der Waals surface area contributed by atoms with E-state index in [1.54, 1.807) is 7.11 Å². The maximum absolute atomic E-state index is 12.5. The van der Waals surface area contributed by atoms with Crippen molar-refractivity contribution in [1.29, 1.82) is 0 Å². The molecule has 1 rings (SSSR count). The molecule has 1 unspecified atom stereocenters. The molecule has 0 saturated heterocycles. The first-order valence-corrected chi connectivity index (χ1v) is 5.97. The van der Waals surface area contributed by atoms with Crippen LogP contribution >= 0.6 is 0 Å². The summed E-state index contributed by atoms with van der Waals surface area (Å²) < 4.78 is 42.5. The van der Waals surface area contributed by atoms with Crippen LogP contribution in [0.25, 0.3) is 0 Å². The van der Waals surface area contributed by atoms with E-state index in [0.717, 1.165) is 12.8 Å². The zero-order chi connectivity index (χ0) is 13.1. The molecule has 1 aliphatic carbocycles. The van der Waals surface area contributed by atoms with E-state index in [1.807, 2.05) is 11.8 Å². The fourth-order valence-corrected chi connectivity index (χ4v) is 1.88. The van der Waals surface area contributed by atoms with Crippen molar-refractivity contribution in [2.45, 2.75) is 25.8 Å². The van der Waals surface area contributed by atoms with E-state index < -0.39 is 12.4 Å². The van der Waals surface area contributed by atoms with Gasteiger partial charge in [0.2, 0.25) is 0 Å². The SMILES string of the molecule is C=C(CN(CCOC)C(C)C1CC1)[B-](F)(F)F. The van der Waals surface area contributed by atoms with Crippen LogP contribution in [-0.4, -0.2) is 44.7 Å². The zero-order valence-corrected chi connectivity index (χ0v) is 10.5. The Morgan fingerprint density at radius 3 is 2.47 bits per heavy atom. The summed E-state index contributed by atoms with van der Waals surface area (Å²) in [4.78, 5) is 1.83. The van der Waals surface area contributed by atoms with Gasteiger partial charge in [-0.3, -0.25) is 4.90 Å². The van der Waals surface area contributed by atoms with Crippen LogP contribution in [0.4, 0.5) is 12.9 Å². The van der Waals surface area contributed by atoms with Crippen LogP contribution in [0, 0.1) is 5.92 Å². The highest BCUT2D eigenvalue weighted by atomic mass is 19.4. The highest BCUT2D eigenvalue weighted by Gasteiger charge is 2.34. The number of ether oxygens (including phenoxy) is 1. The fourth-order valence-electron chi connectivity index (χ4n) is 1.88. The van der Waals surface area contributed by atoms with Crippen molar-refractivity contribution in [3.63, 3.8) is 0 Å². The molecule has 100 valence electrons. The average Bonchev–Trinajstić information content (AvgIpc) is 3.05. The summed E-state index contributed by atoms with van der Waals surface area (Å²) in [6.07, 6.45) is 2.24. The molecule has 6 heteroatoms. The number of methoxy groups -OCH3 is 1. The summed E-state index contributed by atoms with van der Waals surface area (Å²) in [5, 5.41) is 0. The van der Waals surface area contributed by atoms with Gasteiger partial charge in [-0.15, -0.1) is 12.1 Å². The third-order valence-corrected chi connectivity index (χ3v) is 3.33. The largest absolute Gasteiger partial charge is 0.506 e. The van der Waals surface area contributed by atoms with E-state index in [1.165, 1.54) is 0 Å². The summed E-state index contributed by atoms with van der Waals surface area (Å²) in [5.41, 5.74) is -0.617. The van der Waals surface area contributed by atoms with Crippen LogP contribution in [0.15, 0.2) is 12.1 Å². The van der Waals surface area contributed by atoms with Gasteiger partial charge in [0, 0.05) is 19.7 Å². The second kappa shape index (κ2) is 5.91. The lowest BCUT2D eigenvalue weighted by Gasteiger charge is -2.32. The average molecular weight is 250 g/mol. The van der Waals surface area contributed by atoms with E-state index >= 15 is 0 Å². The highest BCUT2D eigenvalue weighted by molar-refractivity contribution is 6.66. The molecule has 0 aliphatic heterocycles. The van der Waals surface area contributed by atoms with Gasteiger partial charge in [-0.2, -0.15) is 0 Å². The lowest BCUT2D eigenvalue weighted by atomic mass is 9.80. The Hall–Kier alpha value is -0.485. The third-order valence-electron chi connectivity index (χ3n) is 3.33. The van der Waals surface area contributed by atoms with E-state index in [-0.39, 0.29) is 12.6 Å². The number of hydrogen-bond acceptors (Lipinski definition) is 2. The van der Waals surface area contributed by atoms with Gasteiger partial charge in [-0.1, -0.05) is 0 Å². The molecule has 0 N–H and O–H groups in total. The normalized spacial score (nSPS) is 18.5. The van der Waals surface area contributed by atoms with Gasteiger partial charge in [0.05, 0.1) is 6.61 Å². The minimum Gasteiger partial charge on any atom is -0.445 e. The molecule has 1 atom stereocenters. The van der Waals surface area contributed by atoms with Crippen molar-refractivity contribution in [3.8, 4) is 0 Å². The van der Waals surface area contributed by atoms with Gasteiger partial charge in [0.25, 0.3) is 0 Å². The summed E-state index contributed by atoms with van der Waals surface area (Å²) in [6.45, 7) is 1.11. The summed E-state index contributed by atoms with van der Waals surface area (Å²) >= 11 is 0. The smallest absolute Gasteiger partial charge is 0.445 e. The van der Waals surface area contributed by atoms with Crippen molar-refractivity contribution in [2.24, 2.45) is 5.92 Å². The molecular weight excluding hydrogens is 230 g/mol. The quantitative estimate of drug-likeness (QED) is 0.614. The first-order chi connectivity index (χ1) is 7.86. The van der Waals surface area contributed by atoms with E-state index in [0.29, 0.717) is 19.1 Å². The lowest BCUT2D eigenvalue weighted by molar-refractivity contribution is 0.124. The minimum atomic E-state index is -4.93. The molecule has 0 spiro atoms. The van der Waals surface area contributed by atoms with Gasteiger partial charge in [-0.25, -0.2) is 0 Å². The first kappa shape index (κ1) is 14.6. The van der Waals surface area contributed by atoms with Gasteiger partial charge in [0.1, 0.15) is 0 Å². The fraction of sp³-hybridized carbons (Fsp3) is 0.818. The third kappa shape index (κ3) is 4.72. The summed E-state index contributed by atoms with van der Waals surface area (Å²) in [5.74, 6) is 0.542. The van der Waals surface area contributed by atoms with Crippen molar-refractivity contribution in [1.82, 2.24) is 4.90 Å². The van der Waals surface area contributed by atoms with Crippen LogP contribution < -0.4 is 0 Å². The molecule has 0 aromatic rings. The summed E-state index contributed by atoms with van der Waals surface area (Å²) in [6, 6.07) is 0.181. The summed E-state index contributed by atoms with van der Waals surface area (Å²) in [7, 11) is 1.56. The van der Waals surface area contributed by atoms with Crippen LogP contribution in [0.3, 0.4) is 0 Å². The Morgan fingerprint density at radius 2 is 2.06 bits per heavy atom. The Morgan fingerprint density at radius 1 is 1.47 bits per heavy atom. The molecule has 0 heterocycles. The second-order valence-electron chi connectivity index (χ2n) is 4.77. The minimum absolute atomic E-state index is 0.0927. The highest BCUT2D eigenvalue weighted by Crippen LogP contribution is 2.35. The van der Waals surface area contributed by atoms with E-state index in [4.69, 9.17) is 4.74 Å². The lowest BCUT2D eigenvalue weighted by Crippen LogP contribution is -2.41. The predicted molar refractivity (Wildman–Crippen MR) is 63.9 cm³/mol. The number of rotatable bonds is 8. The van der Waals surface area contributed by atoms with E-state index in [9.17, 15) is 12.9 Å². The van der Waals surface area contributed by atoms with Crippen molar-refractivity contribution in [3.05, 3.63) is 12.1 Å². The van der Waals surface area contributed by atoms with Crippen LogP contribution in [-0.2, 0) is 4.74 Å². The molecular formula is C11H20BF3NO-. The molecule has 17 heavy (non-hydrogen) atoms. The topological polar surface area (TPSA) is 12.5 Å². The predicted octanol–water partition coefficient (Wildman–Crippen LogP) is 2.68.